The van der Waals surface area contributed by atoms with Crippen molar-refractivity contribution in [1.29, 1.82) is 0 Å². The van der Waals surface area contributed by atoms with Gasteiger partial charge in [-0.1, -0.05) is 42.5 Å². The molecule has 200 valence electrons. The summed E-state index contributed by atoms with van der Waals surface area (Å²) in [7, 11) is 0. The van der Waals surface area contributed by atoms with E-state index in [1.54, 1.807) is 12.1 Å². The van der Waals surface area contributed by atoms with Crippen molar-refractivity contribution in [2.45, 2.75) is 31.3 Å². The summed E-state index contributed by atoms with van der Waals surface area (Å²) in [5, 5.41) is 11.4. The first-order valence-corrected chi connectivity index (χ1v) is 9.67. The molecule has 1 fully saturated rings. The minimum absolute atomic E-state index is 0. The van der Waals surface area contributed by atoms with E-state index in [0.29, 0.717) is 6.42 Å². The second kappa shape index (κ2) is 35.9. The van der Waals surface area contributed by atoms with E-state index in [1.807, 2.05) is 30.3 Å². The fourth-order valence-corrected chi connectivity index (χ4v) is 3.46. The zero-order chi connectivity index (χ0) is 28.1. The van der Waals surface area contributed by atoms with E-state index >= 15 is 0 Å². The Morgan fingerprint density at radius 3 is 1.46 bits per heavy atom. The summed E-state index contributed by atoms with van der Waals surface area (Å²) in [5.41, 5.74) is 0.564. The zero-order valence-corrected chi connectivity index (χ0v) is 21.6. The van der Waals surface area contributed by atoms with E-state index in [1.165, 1.54) is 38.1 Å². The van der Waals surface area contributed by atoms with Crippen molar-refractivity contribution in [3.63, 3.8) is 0 Å². The predicted molar refractivity (Wildman–Crippen MR) is 114 cm³/mol. The largest absolute Gasteiger partial charge is 0 e. The molecule has 1 N–H and O–H groups in total. The monoisotopic (exact) mass is 599 g/mol. The molecule has 1 aliphatic rings. The second-order valence-corrected chi connectivity index (χ2v) is 6.39. The summed E-state index contributed by atoms with van der Waals surface area (Å²) >= 11 is 0. The first kappa shape index (κ1) is 47.9. The van der Waals surface area contributed by atoms with Crippen molar-refractivity contribution < 1.29 is 71.0 Å². The van der Waals surface area contributed by atoms with Crippen LogP contribution in [-0.4, -0.2) is 29.6 Å². The van der Waals surface area contributed by atoms with E-state index in [2.05, 4.69) is 44.8 Å². The Kier molecular flexibility index (Phi) is 46.5. The molecule has 1 aliphatic heterocycles. The molecule has 1 heterocycles. The second-order valence-electron chi connectivity index (χ2n) is 6.39. The van der Waals surface area contributed by atoms with Crippen LogP contribution in [0.25, 0.3) is 0 Å². The molecule has 2 radical (unpaired) electrons. The number of hydrogen-bond acceptors (Lipinski definition) is 2. The topological polar surface area (TPSA) is 143 Å². The SMILES string of the molecule is OC(CCCN1CCCC1)(c1ccccc1)c1ccc(F)cc1.[C-]#[O+].[C-]#[O+].[C-]#[O+].[C-]#[O+].[C-]#[O+].[C-]#[O+].[Co].[Co]. The van der Waals surface area contributed by atoms with Crippen molar-refractivity contribution >= 4 is 0 Å². The van der Waals surface area contributed by atoms with Crippen LogP contribution in [0.5, 0.6) is 0 Å². The van der Waals surface area contributed by atoms with Crippen LogP contribution in [-0.2, 0) is 67.1 Å². The summed E-state index contributed by atoms with van der Waals surface area (Å²) in [6, 6.07) is 15.9. The van der Waals surface area contributed by atoms with E-state index in [9.17, 15) is 9.50 Å². The van der Waals surface area contributed by atoms with Gasteiger partial charge in [0.15, 0.2) is 0 Å². The summed E-state index contributed by atoms with van der Waals surface area (Å²) in [4.78, 5) is 2.45. The molecular formula is C26H24Co2FNO7. The van der Waals surface area contributed by atoms with Crippen LogP contribution in [0.15, 0.2) is 54.6 Å². The van der Waals surface area contributed by atoms with Crippen molar-refractivity contribution in [2.24, 2.45) is 0 Å². The van der Waals surface area contributed by atoms with Gasteiger partial charge in [-0.25, -0.2) is 4.39 Å². The molecule has 0 saturated carbocycles. The van der Waals surface area contributed by atoms with Gasteiger partial charge in [0, 0.05) is 33.6 Å². The number of halogens is 1. The van der Waals surface area contributed by atoms with E-state index in [0.717, 1.165) is 24.1 Å². The molecule has 1 unspecified atom stereocenters. The summed E-state index contributed by atoms with van der Waals surface area (Å²) in [6.45, 7) is 30.3. The molecule has 0 spiro atoms. The normalized spacial score (nSPS) is 11.5. The van der Waals surface area contributed by atoms with Gasteiger partial charge in [0.2, 0.25) is 0 Å². The van der Waals surface area contributed by atoms with Crippen LogP contribution < -0.4 is 0 Å². The Morgan fingerprint density at radius 1 is 0.676 bits per heavy atom. The Morgan fingerprint density at radius 2 is 1.05 bits per heavy atom. The van der Waals surface area contributed by atoms with E-state index in [4.69, 9.17) is 27.9 Å². The molecule has 2 aromatic rings. The molecule has 2 aromatic carbocycles. The molecule has 11 heteroatoms. The van der Waals surface area contributed by atoms with Crippen molar-refractivity contribution in [2.75, 3.05) is 19.6 Å². The van der Waals surface area contributed by atoms with Gasteiger partial charge in [-0.15, -0.1) is 0 Å². The van der Waals surface area contributed by atoms with Crippen LogP contribution in [0.4, 0.5) is 4.39 Å². The van der Waals surface area contributed by atoms with E-state index in [-0.39, 0.29) is 39.4 Å². The minimum atomic E-state index is -1.06. The van der Waals surface area contributed by atoms with Crippen LogP contribution in [0.2, 0.25) is 0 Å². The standard InChI is InChI=1S/C20H24FNO.6CO.2Co/c21-19-11-9-18(10-12-19)20(23,17-7-2-1-3-8-17)13-6-16-22-14-4-5-15-22;6*1-2;;/h1-3,7-12,23H,4-6,13-16H2;;;;;;;;. The number of likely N-dealkylation sites (tertiary alicyclic amines) is 1. The van der Waals surface area contributed by atoms with Crippen molar-refractivity contribution in [3.05, 3.63) is 111 Å². The van der Waals surface area contributed by atoms with Gasteiger partial charge in [0.25, 0.3) is 0 Å². The van der Waals surface area contributed by atoms with Crippen LogP contribution in [0, 0.1) is 45.7 Å². The van der Waals surface area contributed by atoms with Crippen LogP contribution in [0.3, 0.4) is 0 Å². The Bertz CT molecular complexity index is 832. The number of hydrogen-bond donors (Lipinski definition) is 1. The number of benzene rings is 2. The molecule has 0 aliphatic carbocycles. The predicted octanol–water partition coefficient (Wildman–Crippen LogP) is 3.71. The van der Waals surface area contributed by atoms with Gasteiger partial charge in [-0.2, -0.15) is 0 Å². The van der Waals surface area contributed by atoms with Gasteiger partial charge in [0.1, 0.15) is 11.4 Å². The quantitative estimate of drug-likeness (QED) is 0.399. The molecule has 1 saturated heterocycles. The molecular weight excluding hydrogens is 575 g/mol. The number of aliphatic hydroxyl groups is 1. The maximum atomic E-state index is 13.2. The third-order valence-electron chi connectivity index (χ3n) is 4.78. The number of rotatable bonds is 6. The first-order valence-electron chi connectivity index (χ1n) is 9.67. The molecule has 0 aromatic heterocycles. The number of nitrogens with zero attached hydrogens (tertiary/aromatic N) is 1. The van der Waals surface area contributed by atoms with Crippen molar-refractivity contribution in [3.8, 4) is 0 Å². The van der Waals surface area contributed by atoms with Gasteiger partial charge < -0.3 is 10.0 Å². The van der Waals surface area contributed by atoms with Gasteiger partial charge in [-0.05, 0) is 68.6 Å². The maximum Gasteiger partial charge on any atom is 0 e. The maximum absolute atomic E-state index is 13.2. The Hall–Kier alpha value is -2.26. The van der Waals surface area contributed by atoms with Crippen LogP contribution in [0.1, 0.15) is 36.8 Å². The molecule has 8 nitrogen and oxygen atoms in total. The minimum Gasteiger partial charge on any atom is 0 e. The smallest absolute Gasteiger partial charge is 0 e. The summed E-state index contributed by atoms with van der Waals surface area (Å²) in [6.07, 6.45) is 4.11. The molecule has 0 amide bonds. The summed E-state index contributed by atoms with van der Waals surface area (Å²) in [5.74, 6) is -0.277. The van der Waals surface area contributed by atoms with Crippen molar-refractivity contribution in [1.82, 2.24) is 4.90 Å². The van der Waals surface area contributed by atoms with Gasteiger partial charge in [-0.3, -0.25) is 0 Å². The van der Waals surface area contributed by atoms with Crippen LogP contribution >= 0.6 is 0 Å². The fourth-order valence-electron chi connectivity index (χ4n) is 3.46. The Balaban J connectivity index is -0.000000152. The third kappa shape index (κ3) is 19.5. The van der Waals surface area contributed by atoms with Gasteiger partial charge >= 0.3 is 67.8 Å². The van der Waals surface area contributed by atoms with Gasteiger partial charge in [0.05, 0.1) is 0 Å². The Labute approximate surface area is 237 Å². The first-order chi connectivity index (χ1) is 17.2. The fraction of sp³-hybridized carbons (Fsp3) is 0.308. The average Bonchev–Trinajstić information content (AvgIpc) is 3.50. The molecule has 37 heavy (non-hydrogen) atoms. The molecule has 1 atom stereocenters. The average molecular weight is 599 g/mol. The zero-order valence-electron chi connectivity index (χ0n) is 19.5. The summed E-state index contributed by atoms with van der Waals surface area (Å²) < 4.78 is 58.2. The third-order valence-corrected chi connectivity index (χ3v) is 4.78. The molecule has 3 rings (SSSR count). The van der Waals surface area contributed by atoms with E-state index < -0.39 is 5.60 Å². The molecule has 0 bridgehead atoms.